The lowest BCUT2D eigenvalue weighted by Gasteiger charge is -2.13. The number of nitrogens with one attached hydrogen (secondary N) is 2. The Morgan fingerprint density at radius 1 is 1.26 bits per heavy atom. The molecule has 108 valence electrons. The Labute approximate surface area is 114 Å². The maximum atomic E-state index is 9.56. The number of aromatic nitrogens is 2. The summed E-state index contributed by atoms with van der Waals surface area (Å²) in [6.07, 6.45) is 1.37. The zero-order chi connectivity index (χ0) is 14.1. The van der Waals surface area contributed by atoms with E-state index in [-0.39, 0.29) is 6.10 Å². The number of nitrogens with zero attached hydrogens (tertiary/aromatic N) is 2. The van der Waals surface area contributed by atoms with Crippen molar-refractivity contribution < 1.29 is 9.84 Å². The smallest absolute Gasteiger partial charge is 0.158 e. The lowest BCUT2D eigenvalue weighted by atomic mass is 10.3. The van der Waals surface area contributed by atoms with E-state index >= 15 is 0 Å². The summed E-state index contributed by atoms with van der Waals surface area (Å²) in [5, 5.41) is 15.9. The number of hydrogen-bond acceptors (Lipinski definition) is 6. The van der Waals surface area contributed by atoms with Crippen molar-refractivity contribution in [3.8, 4) is 0 Å². The van der Waals surface area contributed by atoms with Crippen LogP contribution in [0.4, 0.5) is 11.6 Å². The van der Waals surface area contributed by atoms with Crippen LogP contribution < -0.4 is 10.6 Å². The van der Waals surface area contributed by atoms with Gasteiger partial charge in [0, 0.05) is 26.3 Å². The minimum atomic E-state index is -0.368. The van der Waals surface area contributed by atoms with Gasteiger partial charge in [0.15, 0.2) is 5.82 Å². The summed E-state index contributed by atoms with van der Waals surface area (Å²) >= 11 is 0. The highest BCUT2D eigenvalue weighted by atomic mass is 16.5. The highest BCUT2D eigenvalue weighted by molar-refractivity contribution is 5.47. The van der Waals surface area contributed by atoms with Crippen LogP contribution in [0, 0.1) is 0 Å². The van der Waals surface area contributed by atoms with Crippen LogP contribution in [0.2, 0.25) is 0 Å². The third-order valence-electron chi connectivity index (χ3n) is 2.59. The van der Waals surface area contributed by atoms with Gasteiger partial charge >= 0.3 is 0 Å². The number of aliphatic hydroxyl groups excluding tert-OH is 1. The van der Waals surface area contributed by atoms with E-state index in [0.29, 0.717) is 31.2 Å². The van der Waals surface area contributed by atoms with Crippen LogP contribution in [0.1, 0.15) is 32.5 Å². The van der Waals surface area contributed by atoms with Crippen molar-refractivity contribution in [1.29, 1.82) is 0 Å². The van der Waals surface area contributed by atoms with Crippen molar-refractivity contribution in [2.24, 2.45) is 0 Å². The third-order valence-corrected chi connectivity index (χ3v) is 2.59. The summed E-state index contributed by atoms with van der Waals surface area (Å²) in [5.74, 6) is 2.10. The Balaban J connectivity index is 2.73. The first-order valence-corrected chi connectivity index (χ1v) is 6.72. The number of aliphatic hydroxyl groups is 1. The van der Waals surface area contributed by atoms with Crippen molar-refractivity contribution in [1.82, 2.24) is 9.97 Å². The summed E-state index contributed by atoms with van der Waals surface area (Å²) < 4.78 is 5.06. The van der Waals surface area contributed by atoms with Crippen LogP contribution in [0.3, 0.4) is 0 Å². The molecule has 6 heteroatoms. The summed E-state index contributed by atoms with van der Waals surface area (Å²) in [6, 6.07) is 1.84. The maximum absolute atomic E-state index is 9.56. The van der Waals surface area contributed by atoms with Gasteiger partial charge in [0.25, 0.3) is 0 Å². The zero-order valence-electron chi connectivity index (χ0n) is 11.9. The number of methoxy groups -OCH3 is 1. The van der Waals surface area contributed by atoms with Crippen LogP contribution in [-0.4, -0.2) is 41.4 Å². The molecule has 0 aromatic carbocycles. The van der Waals surface area contributed by atoms with Gasteiger partial charge in [-0.2, -0.15) is 0 Å². The standard InChI is InChI=1S/C13H24N4O2/c1-4-6-14-11-7-12(15-8-10(18)5-2)17-13(16-11)9-19-3/h7,10,18H,4-6,8-9H2,1-3H3,(H2,14,15,16,17). The van der Waals surface area contributed by atoms with Gasteiger partial charge < -0.3 is 20.5 Å². The van der Waals surface area contributed by atoms with E-state index in [1.54, 1.807) is 7.11 Å². The molecule has 0 aliphatic carbocycles. The van der Waals surface area contributed by atoms with Crippen LogP contribution in [0.25, 0.3) is 0 Å². The first-order valence-electron chi connectivity index (χ1n) is 6.72. The predicted octanol–water partition coefficient (Wildman–Crippen LogP) is 1.63. The second-order valence-electron chi connectivity index (χ2n) is 4.36. The fourth-order valence-corrected chi connectivity index (χ4v) is 1.49. The van der Waals surface area contributed by atoms with Gasteiger partial charge in [-0.1, -0.05) is 13.8 Å². The number of anilines is 2. The summed E-state index contributed by atoms with van der Waals surface area (Å²) in [4.78, 5) is 8.70. The van der Waals surface area contributed by atoms with E-state index in [0.717, 1.165) is 18.8 Å². The van der Waals surface area contributed by atoms with Gasteiger partial charge in [0.1, 0.15) is 18.2 Å². The van der Waals surface area contributed by atoms with Gasteiger partial charge in [0.2, 0.25) is 0 Å². The third kappa shape index (κ3) is 5.85. The van der Waals surface area contributed by atoms with Crippen LogP contribution >= 0.6 is 0 Å². The van der Waals surface area contributed by atoms with Crippen molar-refractivity contribution in [3.05, 3.63) is 11.9 Å². The molecular formula is C13H24N4O2. The highest BCUT2D eigenvalue weighted by Gasteiger charge is 2.06. The first-order chi connectivity index (χ1) is 9.19. The van der Waals surface area contributed by atoms with Gasteiger partial charge in [0.05, 0.1) is 6.10 Å². The highest BCUT2D eigenvalue weighted by Crippen LogP contribution is 2.12. The molecule has 0 aliphatic heterocycles. The lowest BCUT2D eigenvalue weighted by Crippen LogP contribution is -2.19. The Hall–Kier alpha value is -1.40. The van der Waals surface area contributed by atoms with Gasteiger partial charge in [-0.25, -0.2) is 9.97 Å². The monoisotopic (exact) mass is 268 g/mol. The first kappa shape index (κ1) is 15.7. The van der Waals surface area contributed by atoms with Crippen molar-refractivity contribution >= 4 is 11.6 Å². The quantitative estimate of drug-likeness (QED) is 0.631. The fourth-order valence-electron chi connectivity index (χ4n) is 1.49. The van der Waals surface area contributed by atoms with E-state index in [2.05, 4.69) is 27.5 Å². The van der Waals surface area contributed by atoms with E-state index in [1.807, 2.05) is 13.0 Å². The molecule has 0 saturated carbocycles. The average molecular weight is 268 g/mol. The maximum Gasteiger partial charge on any atom is 0.158 e. The molecule has 1 aromatic rings. The molecule has 1 aromatic heterocycles. The second kappa shape index (κ2) is 8.66. The summed E-state index contributed by atoms with van der Waals surface area (Å²) in [7, 11) is 1.61. The predicted molar refractivity (Wildman–Crippen MR) is 76.3 cm³/mol. The summed E-state index contributed by atoms with van der Waals surface area (Å²) in [6.45, 7) is 5.75. The molecule has 0 amide bonds. The van der Waals surface area contributed by atoms with Crippen LogP contribution in [-0.2, 0) is 11.3 Å². The molecule has 0 fully saturated rings. The number of rotatable bonds is 9. The van der Waals surface area contributed by atoms with Crippen molar-refractivity contribution in [2.45, 2.75) is 39.4 Å². The van der Waals surface area contributed by atoms with Crippen LogP contribution in [0.5, 0.6) is 0 Å². The number of ether oxygens (including phenoxy) is 1. The van der Waals surface area contributed by atoms with E-state index in [9.17, 15) is 5.11 Å². The molecule has 0 aliphatic rings. The molecule has 6 nitrogen and oxygen atoms in total. The SMILES string of the molecule is CCCNc1cc(NCC(O)CC)nc(COC)n1. The van der Waals surface area contributed by atoms with Gasteiger partial charge in [-0.05, 0) is 12.8 Å². The number of hydrogen-bond donors (Lipinski definition) is 3. The molecular weight excluding hydrogens is 244 g/mol. The van der Waals surface area contributed by atoms with E-state index < -0.39 is 0 Å². The van der Waals surface area contributed by atoms with Gasteiger partial charge in [-0.3, -0.25) is 0 Å². The molecule has 1 heterocycles. The van der Waals surface area contributed by atoms with Crippen molar-refractivity contribution in [3.63, 3.8) is 0 Å². The minimum absolute atomic E-state index is 0.368. The molecule has 0 saturated heterocycles. The zero-order valence-corrected chi connectivity index (χ0v) is 11.9. The molecule has 1 unspecified atom stereocenters. The molecule has 0 spiro atoms. The fraction of sp³-hybridized carbons (Fsp3) is 0.692. The Bertz CT molecular complexity index is 374. The Morgan fingerprint density at radius 2 is 1.95 bits per heavy atom. The molecule has 0 radical (unpaired) electrons. The molecule has 19 heavy (non-hydrogen) atoms. The molecule has 1 atom stereocenters. The summed E-state index contributed by atoms with van der Waals surface area (Å²) in [5.41, 5.74) is 0. The minimum Gasteiger partial charge on any atom is -0.391 e. The van der Waals surface area contributed by atoms with Crippen molar-refractivity contribution in [2.75, 3.05) is 30.8 Å². The molecule has 1 rings (SSSR count). The Morgan fingerprint density at radius 3 is 2.53 bits per heavy atom. The molecule has 0 bridgehead atoms. The topological polar surface area (TPSA) is 79.3 Å². The molecule has 3 N–H and O–H groups in total. The van der Waals surface area contributed by atoms with Gasteiger partial charge in [-0.15, -0.1) is 0 Å². The van der Waals surface area contributed by atoms with E-state index in [4.69, 9.17) is 4.74 Å². The van der Waals surface area contributed by atoms with E-state index in [1.165, 1.54) is 0 Å². The van der Waals surface area contributed by atoms with Crippen LogP contribution in [0.15, 0.2) is 6.07 Å². The second-order valence-corrected chi connectivity index (χ2v) is 4.36. The average Bonchev–Trinajstić information content (AvgIpc) is 2.42. The normalized spacial score (nSPS) is 12.2. The lowest BCUT2D eigenvalue weighted by molar-refractivity contribution is 0.177. The largest absolute Gasteiger partial charge is 0.391 e. The Kier molecular flexibility index (Phi) is 7.14.